The second-order valence-corrected chi connectivity index (χ2v) is 14.7. The van der Waals surface area contributed by atoms with Crippen molar-refractivity contribution in [3.05, 3.63) is 188 Å². The minimum absolute atomic E-state index is 0.881. The number of nitrogens with zero attached hydrogens (tertiary/aromatic N) is 1. The van der Waals surface area contributed by atoms with Crippen molar-refractivity contribution in [2.24, 2.45) is 0 Å². The molecule has 11 aromatic rings. The molecule has 2 heterocycles. The summed E-state index contributed by atoms with van der Waals surface area (Å²) in [5.74, 6) is 0. The molecule has 9 aromatic carbocycles. The van der Waals surface area contributed by atoms with Crippen LogP contribution in [0.15, 0.2) is 192 Å². The number of fused-ring (bicyclic) bond motifs is 10. The predicted octanol–water partition coefficient (Wildman–Crippen LogP) is 15.1. The lowest BCUT2D eigenvalue weighted by molar-refractivity contribution is 0.673. The Labute approximate surface area is 310 Å². The topological polar surface area (TPSA) is 16.4 Å². The molecule has 0 atom stereocenters. The Bertz CT molecular complexity index is 3150. The average molecular weight is 694 g/mol. The van der Waals surface area contributed by atoms with Crippen LogP contribution >= 0.6 is 11.3 Å². The lowest BCUT2D eigenvalue weighted by Gasteiger charge is -2.26. The van der Waals surface area contributed by atoms with Gasteiger partial charge in [0.05, 0.1) is 5.69 Å². The van der Waals surface area contributed by atoms with Crippen molar-refractivity contribution in [3.63, 3.8) is 0 Å². The molecule has 248 valence electrons. The maximum Gasteiger partial charge on any atom is 0.160 e. The summed E-state index contributed by atoms with van der Waals surface area (Å²) in [4.78, 5) is 2.36. The number of benzene rings is 9. The highest BCUT2D eigenvalue weighted by Crippen LogP contribution is 2.49. The van der Waals surface area contributed by atoms with Gasteiger partial charge in [-0.1, -0.05) is 140 Å². The molecule has 0 saturated heterocycles. The quantitative estimate of drug-likeness (QED) is 0.178. The van der Waals surface area contributed by atoms with Crippen molar-refractivity contribution in [3.8, 4) is 22.3 Å². The highest BCUT2D eigenvalue weighted by molar-refractivity contribution is 7.26. The SMILES string of the molecule is c1ccc(-c2ccc(N(c3ccc(-c4cccc5ccccc45)cc3)c3cc4ccccc4c4c3oc3c4ccc4sc5ccccc5c43)cc2)cc1. The smallest absolute Gasteiger partial charge is 0.160 e. The third-order valence-corrected chi connectivity index (χ3v) is 11.8. The van der Waals surface area contributed by atoms with Crippen LogP contribution in [0.4, 0.5) is 17.1 Å². The van der Waals surface area contributed by atoms with E-state index >= 15 is 0 Å². The van der Waals surface area contributed by atoms with Gasteiger partial charge in [-0.15, -0.1) is 11.3 Å². The van der Waals surface area contributed by atoms with Gasteiger partial charge in [0.2, 0.25) is 0 Å². The minimum atomic E-state index is 0.881. The molecule has 2 nitrogen and oxygen atoms in total. The molecular formula is C50H31NOS. The van der Waals surface area contributed by atoms with E-state index in [2.05, 4.69) is 193 Å². The Morgan fingerprint density at radius 1 is 0.377 bits per heavy atom. The molecule has 0 aliphatic rings. The molecule has 0 fully saturated rings. The van der Waals surface area contributed by atoms with Gasteiger partial charge >= 0.3 is 0 Å². The summed E-state index contributed by atoms with van der Waals surface area (Å²) in [7, 11) is 0. The zero-order valence-corrected chi connectivity index (χ0v) is 29.5. The Kier molecular flexibility index (Phi) is 6.76. The molecule has 0 aliphatic carbocycles. The summed E-state index contributed by atoms with van der Waals surface area (Å²) in [6.45, 7) is 0. The van der Waals surface area contributed by atoms with Gasteiger partial charge in [-0.3, -0.25) is 0 Å². The van der Waals surface area contributed by atoms with Crippen LogP contribution in [0, 0.1) is 0 Å². The zero-order valence-electron chi connectivity index (χ0n) is 28.7. The van der Waals surface area contributed by atoms with E-state index in [0.29, 0.717) is 0 Å². The van der Waals surface area contributed by atoms with Crippen molar-refractivity contribution < 1.29 is 4.42 Å². The number of hydrogen-bond donors (Lipinski definition) is 0. The molecule has 0 saturated carbocycles. The fraction of sp³-hybridized carbons (Fsp3) is 0. The summed E-state index contributed by atoms with van der Waals surface area (Å²) >= 11 is 1.82. The molecule has 0 spiro atoms. The van der Waals surface area contributed by atoms with Crippen LogP contribution in [0.25, 0.3) is 85.9 Å². The molecule has 2 aromatic heterocycles. The van der Waals surface area contributed by atoms with Crippen molar-refractivity contribution in [2.75, 3.05) is 4.90 Å². The number of rotatable bonds is 5. The van der Waals surface area contributed by atoms with Gasteiger partial charge in [-0.25, -0.2) is 0 Å². The summed E-state index contributed by atoms with van der Waals surface area (Å²) in [5.41, 5.74) is 9.74. The average Bonchev–Trinajstić information content (AvgIpc) is 3.81. The Balaban J connectivity index is 1.17. The molecule has 11 rings (SSSR count). The summed E-state index contributed by atoms with van der Waals surface area (Å²) in [6, 6.07) is 67.8. The Hall–Kier alpha value is -6.68. The second kappa shape index (κ2) is 11.9. The molecule has 3 heteroatoms. The molecule has 0 amide bonds. The number of furan rings is 1. The van der Waals surface area contributed by atoms with E-state index in [1.807, 2.05) is 11.3 Å². The van der Waals surface area contributed by atoms with Crippen molar-refractivity contribution >= 4 is 92.1 Å². The van der Waals surface area contributed by atoms with Gasteiger partial charge in [0.15, 0.2) is 5.58 Å². The van der Waals surface area contributed by atoms with E-state index in [9.17, 15) is 0 Å². The van der Waals surface area contributed by atoms with Gasteiger partial charge in [0, 0.05) is 42.3 Å². The van der Waals surface area contributed by atoms with Crippen LogP contribution < -0.4 is 4.90 Å². The highest BCUT2D eigenvalue weighted by Gasteiger charge is 2.24. The first-order valence-corrected chi connectivity index (χ1v) is 18.8. The van der Waals surface area contributed by atoms with Gasteiger partial charge in [-0.05, 0) is 92.3 Å². The van der Waals surface area contributed by atoms with Crippen LogP contribution in [0.2, 0.25) is 0 Å². The first-order chi connectivity index (χ1) is 26.3. The highest BCUT2D eigenvalue weighted by atomic mass is 32.1. The molecular weight excluding hydrogens is 663 g/mol. The van der Waals surface area contributed by atoms with E-state index in [1.165, 1.54) is 64.0 Å². The lowest BCUT2D eigenvalue weighted by atomic mass is 9.97. The molecule has 0 aliphatic heterocycles. The largest absolute Gasteiger partial charge is 0.453 e. The van der Waals surface area contributed by atoms with Gasteiger partial charge in [0.25, 0.3) is 0 Å². The van der Waals surface area contributed by atoms with E-state index in [-0.39, 0.29) is 0 Å². The van der Waals surface area contributed by atoms with Crippen molar-refractivity contribution in [2.45, 2.75) is 0 Å². The molecule has 53 heavy (non-hydrogen) atoms. The number of thiophene rings is 1. The van der Waals surface area contributed by atoms with Gasteiger partial charge in [-0.2, -0.15) is 0 Å². The monoisotopic (exact) mass is 693 g/mol. The normalized spacial score (nSPS) is 11.8. The summed E-state index contributed by atoms with van der Waals surface area (Å²) in [6.07, 6.45) is 0. The fourth-order valence-corrected chi connectivity index (χ4v) is 9.27. The van der Waals surface area contributed by atoms with E-state index in [1.54, 1.807) is 0 Å². The first-order valence-electron chi connectivity index (χ1n) is 18.0. The Morgan fingerprint density at radius 3 is 1.79 bits per heavy atom. The van der Waals surface area contributed by atoms with Crippen LogP contribution in [-0.2, 0) is 0 Å². The Morgan fingerprint density at radius 2 is 1.00 bits per heavy atom. The third kappa shape index (κ3) is 4.78. The van der Waals surface area contributed by atoms with Crippen LogP contribution in [-0.4, -0.2) is 0 Å². The van der Waals surface area contributed by atoms with Crippen molar-refractivity contribution in [1.82, 2.24) is 0 Å². The number of anilines is 3. The molecule has 0 N–H and O–H groups in total. The zero-order chi connectivity index (χ0) is 34.9. The van der Waals surface area contributed by atoms with Crippen LogP contribution in [0.3, 0.4) is 0 Å². The standard InChI is InChI=1S/C50H31NOS/c1-2-11-32(12-3-1)33-21-25-37(26-22-33)51(38-27-23-35(24-28-38)40-19-10-15-34-13-4-6-16-39(34)40)44-31-36-14-5-7-17-41(36)47-43-29-30-46-48(49(43)52-50(44)47)42-18-8-9-20-45(42)53-46/h1-31H. The van der Waals surface area contributed by atoms with Crippen LogP contribution in [0.1, 0.15) is 0 Å². The van der Waals surface area contributed by atoms with Gasteiger partial charge in [0.1, 0.15) is 5.58 Å². The van der Waals surface area contributed by atoms with E-state index < -0.39 is 0 Å². The lowest BCUT2D eigenvalue weighted by Crippen LogP contribution is -2.10. The summed E-state index contributed by atoms with van der Waals surface area (Å²) < 4.78 is 9.70. The molecule has 0 bridgehead atoms. The maximum atomic E-state index is 7.19. The fourth-order valence-electron chi connectivity index (χ4n) is 8.17. The minimum Gasteiger partial charge on any atom is -0.453 e. The number of hydrogen-bond acceptors (Lipinski definition) is 3. The first kappa shape index (κ1) is 30.0. The molecule has 0 unspecified atom stereocenters. The predicted molar refractivity (Wildman–Crippen MR) is 227 cm³/mol. The van der Waals surface area contributed by atoms with E-state index in [4.69, 9.17) is 4.42 Å². The van der Waals surface area contributed by atoms with Crippen molar-refractivity contribution in [1.29, 1.82) is 0 Å². The third-order valence-electron chi connectivity index (χ3n) is 10.7. The van der Waals surface area contributed by atoms with Gasteiger partial charge < -0.3 is 9.32 Å². The van der Waals surface area contributed by atoms with E-state index in [0.717, 1.165) is 39.0 Å². The maximum absolute atomic E-state index is 7.19. The van der Waals surface area contributed by atoms with Crippen LogP contribution in [0.5, 0.6) is 0 Å². The molecule has 0 radical (unpaired) electrons. The second-order valence-electron chi connectivity index (χ2n) is 13.7. The summed E-state index contributed by atoms with van der Waals surface area (Å²) in [5, 5.41) is 9.56.